The maximum absolute atomic E-state index is 11.7. The third-order valence-electron chi connectivity index (χ3n) is 3.82. The van der Waals surface area contributed by atoms with E-state index in [2.05, 4.69) is 10.6 Å². The van der Waals surface area contributed by atoms with Gasteiger partial charge < -0.3 is 21.1 Å². The van der Waals surface area contributed by atoms with Crippen LogP contribution in [0, 0.1) is 6.92 Å². The molecule has 1 aromatic carbocycles. The minimum Gasteiger partial charge on any atom is -0.444 e. The second kappa shape index (κ2) is 6.48. The van der Waals surface area contributed by atoms with Crippen molar-refractivity contribution in [3.63, 3.8) is 0 Å². The fraction of sp³-hybridized carbons (Fsp3) is 0.529. The molecule has 1 fully saturated rings. The third-order valence-corrected chi connectivity index (χ3v) is 3.82. The van der Waals surface area contributed by atoms with E-state index >= 15 is 0 Å². The smallest absolute Gasteiger partial charge is 0.407 e. The molecule has 1 aromatic rings. The summed E-state index contributed by atoms with van der Waals surface area (Å²) in [5, 5.41) is 6.25. The number of hydrogen-bond acceptors (Lipinski definition) is 4. The summed E-state index contributed by atoms with van der Waals surface area (Å²) < 4.78 is 5.24. The Morgan fingerprint density at radius 1 is 1.22 bits per heavy atom. The Kier molecular flexibility index (Phi) is 4.82. The Hall–Kier alpha value is -2.24. The molecule has 126 valence electrons. The van der Waals surface area contributed by atoms with Crippen LogP contribution in [0.4, 0.5) is 10.5 Å². The summed E-state index contributed by atoms with van der Waals surface area (Å²) in [6.07, 6.45) is 1.26. The van der Waals surface area contributed by atoms with E-state index < -0.39 is 11.5 Å². The lowest BCUT2D eigenvalue weighted by Crippen LogP contribution is -2.50. The van der Waals surface area contributed by atoms with Crippen LogP contribution < -0.4 is 16.4 Å². The molecule has 2 amide bonds. The summed E-state index contributed by atoms with van der Waals surface area (Å²) in [5.74, 6) is -0.427. The minimum atomic E-state index is -0.488. The molecular formula is C17H25N3O3. The first-order valence-corrected chi connectivity index (χ1v) is 7.81. The standard InChI is InChI=1S/C17H25N3O3/c1-10-13(15(18)21)6-5-7-14(10)19-11-8-12(9-11)20-16(22)23-17(2,3)4/h5-7,11-12,19H,8-9H2,1-4H3,(H2,18,21)(H,20,22). The fourth-order valence-corrected chi connectivity index (χ4v) is 2.61. The highest BCUT2D eigenvalue weighted by Gasteiger charge is 2.31. The van der Waals surface area contributed by atoms with Gasteiger partial charge in [-0.25, -0.2) is 4.79 Å². The molecule has 6 heteroatoms. The van der Waals surface area contributed by atoms with E-state index in [4.69, 9.17) is 10.5 Å². The molecule has 0 aliphatic heterocycles. The number of nitrogens with two attached hydrogens (primary N) is 1. The van der Waals surface area contributed by atoms with Gasteiger partial charge in [-0.1, -0.05) is 6.07 Å². The van der Waals surface area contributed by atoms with Crippen molar-refractivity contribution in [3.8, 4) is 0 Å². The van der Waals surface area contributed by atoms with Crippen molar-refractivity contribution in [2.75, 3.05) is 5.32 Å². The van der Waals surface area contributed by atoms with Crippen molar-refractivity contribution in [1.82, 2.24) is 5.32 Å². The zero-order valence-electron chi connectivity index (χ0n) is 14.1. The Balaban J connectivity index is 1.84. The number of benzene rings is 1. The van der Waals surface area contributed by atoms with Gasteiger partial charge in [-0.3, -0.25) is 4.79 Å². The highest BCUT2D eigenvalue weighted by molar-refractivity contribution is 5.95. The van der Waals surface area contributed by atoms with Gasteiger partial charge in [0.1, 0.15) is 5.60 Å². The molecule has 0 heterocycles. The number of hydrogen-bond donors (Lipinski definition) is 3. The lowest BCUT2D eigenvalue weighted by molar-refractivity contribution is 0.0475. The van der Waals surface area contributed by atoms with Crippen molar-refractivity contribution in [1.29, 1.82) is 0 Å². The molecule has 0 bridgehead atoms. The predicted octanol–water partition coefficient (Wildman–Crippen LogP) is 2.56. The molecule has 0 atom stereocenters. The summed E-state index contributed by atoms with van der Waals surface area (Å²) in [4.78, 5) is 23.1. The second-order valence-corrected chi connectivity index (χ2v) is 7.00. The first-order valence-electron chi connectivity index (χ1n) is 7.81. The van der Waals surface area contributed by atoms with E-state index in [-0.39, 0.29) is 18.2 Å². The van der Waals surface area contributed by atoms with Gasteiger partial charge in [-0.2, -0.15) is 0 Å². The zero-order valence-corrected chi connectivity index (χ0v) is 14.1. The molecular weight excluding hydrogens is 294 g/mol. The van der Waals surface area contributed by atoms with E-state index in [1.165, 1.54) is 0 Å². The third kappa shape index (κ3) is 4.61. The van der Waals surface area contributed by atoms with Crippen molar-refractivity contribution >= 4 is 17.7 Å². The number of nitrogens with one attached hydrogen (secondary N) is 2. The molecule has 1 saturated carbocycles. The van der Waals surface area contributed by atoms with Gasteiger partial charge in [0.25, 0.3) is 0 Å². The lowest BCUT2D eigenvalue weighted by atomic mass is 9.86. The molecule has 0 aromatic heterocycles. The molecule has 23 heavy (non-hydrogen) atoms. The number of amides is 2. The van der Waals surface area contributed by atoms with Crippen LogP contribution in [0.1, 0.15) is 49.5 Å². The first kappa shape index (κ1) is 17.1. The Labute approximate surface area is 136 Å². The maximum atomic E-state index is 11.7. The van der Waals surface area contributed by atoms with Crippen LogP contribution in [0.2, 0.25) is 0 Å². The van der Waals surface area contributed by atoms with E-state index in [9.17, 15) is 9.59 Å². The average molecular weight is 319 g/mol. The largest absolute Gasteiger partial charge is 0.444 e. The Bertz CT molecular complexity index is 602. The van der Waals surface area contributed by atoms with Crippen molar-refractivity contribution in [3.05, 3.63) is 29.3 Å². The molecule has 1 aliphatic carbocycles. The van der Waals surface area contributed by atoms with Gasteiger partial charge in [0.05, 0.1) is 0 Å². The van der Waals surface area contributed by atoms with Crippen LogP contribution in [0.5, 0.6) is 0 Å². The monoisotopic (exact) mass is 319 g/mol. The number of carbonyl (C=O) groups excluding carboxylic acids is 2. The molecule has 2 rings (SSSR count). The molecule has 0 spiro atoms. The average Bonchev–Trinajstić information content (AvgIpc) is 2.35. The first-order chi connectivity index (χ1) is 10.7. The highest BCUT2D eigenvalue weighted by atomic mass is 16.6. The van der Waals surface area contributed by atoms with Gasteiger partial charge >= 0.3 is 6.09 Å². The van der Waals surface area contributed by atoms with E-state index in [1.54, 1.807) is 6.07 Å². The molecule has 6 nitrogen and oxygen atoms in total. The van der Waals surface area contributed by atoms with Crippen LogP contribution in [-0.4, -0.2) is 29.7 Å². The van der Waals surface area contributed by atoms with Crippen molar-refractivity contribution in [2.45, 2.75) is 58.2 Å². The Morgan fingerprint density at radius 3 is 2.43 bits per heavy atom. The molecule has 4 N–H and O–H groups in total. The molecule has 0 radical (unpaired) electrons. The highest BCUT2D eigenvalue weighted by Crippen LogP contribution is 2.27. The van der Waals surface area contributed by atoms with Gasteiger partial charge in [0.2, 0.25) is 5.91 Å². The number of anilines is 1. The number of alkyl carbamates (subject to hydrolysis) is 1. The van der Waals surface area contributed by atoms with Crippen molar-refractivity contribution in [2.24, 2.45) is 5.73 Å². The number of ether oxygens (including phenoxy) is 1. The van der Waals surface area contributed by atoms with Gasteiger partial charge in [-0.15, -0.1) is 0 Å². The number of carbonyl (C=O) groups is 2. The maximum Gasteiger partial charge on any atom is 0.407 e. The van der Waals surface area contributed by atoms with Crippen LogP contribution in [0.3, 0.4) is 0 Å². The summed E-state index contributed by atoms with van der Waals surface area (Å²) in [5.41, 5.74) is 7.15. The summed E-state index contributed by atoms with van der Waals surface area (Å²) in [6, 6.07) is 5.83. The topological polar surface area (TPSA) is 93.4 Å². The number of rotatable bonds is 4. The molecule has 0 saturated heterocycles. The van der Waals surface area contributed by atoms with Crippen LogP contribution in [0.25, 0.3) is 0 Å². The molecule has 1 aliphatic rings. The van der Waals surface area contributed by atoms with E-state index in [0.29, 0.717) is 5.56 Å². The summed E-state index contributed by atoms with van der Waals surface area (Å²) in [6.45, 7) is 7.39. The van der Waals surface area contributed by atoms with Crippen LogP contribution in [0.15, 0.2) is 18.2 Å². The molecule has 0 unspecified atom stereocenters. The van der Waals surface area contributed by atoms with Gasteiger partial charge in [0, 0.05) is 23.3 Å². The normalized spacial score (nSPS) is 20.3. The van der Waals surface area contributed by atoms with E-state index in [1.807, 2.05) is 39.8 Å². The SMILES string of the molecule is Cc1c(NC2CC(NC(=O)OC(C)(C)C)C2)cccc1C(N)=O. The fourth-order valence-electron chi connectivity index (χ4n) is 2.61. The lowest BCUT2D eigenvalue weighted by Gasteiger charge is -2.37. The van der Waals surface area contributed by atoms with Crippen LogP contribution >= 0.6 is 0 Å². The van der Waals surface area contributed by atoms with Crippen LogP contribution in [-0.2, 0) is 4.74 Å². The second-order valence-electron chi connectivity index (χ2n) is 7.00. The zero-order chi connectivity index (χ0) is 17.2. The van der Waals surface area contributed by atoms with Gasteiger partial charge in [-0.05, 0) is 58.2 Å². The summed E-state index contributed by atoms with van der Waals surface area (Å²) >= 11 is 0. The number of primary amides is 1. The van der Waals surface area contributed by atoms with Crippen molar-refractivity contribution < 1.29 is 14.3 Å². The summed E-state index contributed by atoms with van der Waals surface area (Å²) in [7, 11) is 0. The van der Waals surface area contributed by atoms with E-state index in [0.717, 1.165) is 24.1 Å². The minimum absolute atomic E-state index is 0.113. The Morgan fingerprint density at radius 2 is 1.87 bits per heavy atom. The van der Waals surface area contributed by atoms with Gasteiger partial charge in [0.15, 0.2) is 0 Å². The quantitative estimate of drug-likeness (QED) is 0.795. The predicted molar refractivity (Wildman–Crippen MR) is 89.5 cm³/mol.